The van der Waals surface area contributed by atoms with Gasteiger partial charge in [-0.25, -0.2) is 8.42 Å². The molecule has 2 rings (SSSR count). The normalized spacial score (nSPS) is 11.0. The van der Waals surface area contributed by atoms with E-state index in [1.54, 1.807) is 24.3 Å². The number of hydrogen-bond acceptors (Lipinski definition) is 3. The predicted octanol–water partition coefficient (Wildman–Crippen LogP) is 2.76. The molecule has 0 aliphatic carbocycles. The lowest BCUT2D eigenvalue weighted by molar-refractivity contribution is 0.601. The number of nitrogens with two attached hydrogens (primary N) is 1. The van der Waals surface area contributed by atoms with Crippen molar-refractivity contribution in [2.45, 2.75) is 18.7 Å². The van der Waals surface area contributed by atoms with Gasteiger partial charge >= 0.3 is 0 Å². The first-order valence-electron chi connectivity index (χ1n) is 6.54. The second kappa shape index (κ2) is 6.33. The first-order chi connectivity index (χ1) is 10.3. The third-order valence-electron chi connectivity index (χ3n) is 3.19. The monoisotopic (exact) mass is 335 g/mol. The number of thiocarbonyl (C=S) groups is 1. The van der Waals surface area contributed by atoms with Crippen LogP contribution in [0.5, 0.6) is 0 Å². The average molecular weight is 335 g/mol. The van der Waals surface area contributed by atoms with Crippen molar-refractivity contribution >= 4 is 38.7 Å². The second-order valence-electron chi connectivity index (χ2n) is 4.92. The van der Waals surface area contributed by atoms with Crippen molar-refractivity contribution in [3.8, 4) is 0 Å². The summed E-state index contributed by atoms with van der Waals surface area (Å²) in [6.07, 6.45) is 0. The van der Waals surface area contributed by atoms with Gasteiger partial charge in [-0.05, 0) is 73.6 Å². The van der Waals surface area contributed by atoms with Crippen LogP contribution in [0.15, 0.2) is 47.4 Å². The molecule has 0 bridgehead atoms. The molecular formula is C15H17N3O2S2. The average Bonchev–Trinajstić information content (AvgIpc) is 2.42. The largest absolute Gasteiger partial charge is 0.376 e. The summed E-state index contributed by atoms with van der Waals surface area (Å²) in [5.41, 5.74) is 8.67. The SMILES string of the molecule is Cc1ccc(NS(=O)(=O)c2ccc(NC(N)=S)cc2)cc1C. The van der Waals surface area contributed by atoms with E-state index < -0.39 is 10.0 Å². The van der Waals surface area contributed by atoms with Crippen molar-refractivity contribution in [3.63, 3.8) is 0 Å². The van der Waals surface area contributed by atoms with Crippen LogP contribution in [-0.4, -0.2) is 13.5 Å². The Morgan fingerprint density at radius 2 is 1.59 bits per heavy atom. The zero-order valence-corrected chi connectivity index (χ0v) is 13.9. The minimum atomic E-state index is -3.63. The Morgan fingerprint density at radius 1 is 1.00 bits per heavy atom. The number of sulfonamides is 1. The molecule has 7 heteroatoms. The summed E-state index contributed by atoms with van der Waals surface area (Å²) >= 11 is 4.73. The highest BCUT2D eigenvalue weighted by Gasteiger charge is 2.14. The van der Waals surface area contributed by atoms with E-state index in [0.717, 1.165) is 11.1 Å². The van der Waals surface area contributed by atoms with Crippen molar-refractivity contribution in [1.29, 1.82) is 0 Å². The maximum absolute atomic E-state index is 12.3. The Hall–Kier alpha value is -2.12. The van der Waals surface area contributed by atoms with Gasteiger partial charge in [-0.1, -0.05) is 6.07 Å². The molecule has 0 amide bonds. The number of benzene rings is 2. The lowest BCUT2D eigenvalue weighted by Crippen LogP contribution is -2.19. The third kappa shape index (κ3) is 3.96. The molecule has 0 radical (unpaired) electrons. The van der Waals surface area contributed by atoms with Gasteiger partial charge in [-0.3, -0.25) is 4.72 Å². The highest BCUT2D eigenvalue weighted by molar-refractivity contribution is 7.92. The number of aryl methyl sites for hydroxylation is 2. The van der Waals surface area contributed by atoms with Crippen molar-refractivity contribution in [1.82, 2.24) is 0 Å². The number of anilines is 2. The van der Waals surface area contributed by atoms with E-state index >= 15 is 0 Å². The Labute approximate surface area is 135 Å². The molecule has 0 atom stereocenters. The minimum absolute atomic E-state index is 0.129. The van der Waals surface area contributed by atoms with Crippen LogP contribution in [0.2, 0.25) is 0 Å². The van der Waals surface area contributed by atoms with E-state index in [0.29, 0.717) is 11.4 Å². The molecule has 0 spiro atoms. The molecule has 0 aliphatic heterocycles. The van der Waals surface area contributed by atoms with Crippen molar-refractivity contribution in [2.75, 3.05) is 10.0 Å². The Bertz CT molecular complexity index is 800. The van der Waals surface area contributed by atoms with Gasteiger partial charge in [0.05, 0.1) is 4.90 Å². The molecule has 5 nitrogen and oxygen atoms in total. The fourth-order valence-corrected chi connectivity index (χ4v) is 3.05. The standard InChI is InChI=1S/C15H17N3O2S2/c1-10-3-4-13(9-11(10)2)18-22(19,20)14-7-5-12(6-8-14)17-15(16)21/h3-9,18H,1-2H3,(H3,16,17,21). The van der Waals surface area contributed by atoms with Crippen LogP contribution in [0.25, 0.3) is 0 Å². The van der Waals surface area contributed by atoms with E-state index in [1.165, 1.54) is 12.1 Å². The Kier molecular flexibility index (Phi) is 4.68. The topological polar surface area (TPSA) is 84.2 Å². The van der Waals surface area contributed by atoms with Gasteiger partial charge in [0, 0.05) is 11.4 Å². The van der Waals surface area contributed by atoms with Crippen molar-refractivity contribution in [2.24, 2.45) is 5.73 Å². The molecule has 0 heterocycles. The number of hydrogen-bond donors (Lipinski definition) is 3. The Balaban J connectivity index is 2.22. The molecular weight excluding hydrogens is 318 g/mol. The van der Waals surface area contributed by atoms with Crippen molar-refractivity contribution in [3.05, 3.63) is 53.6 Å². The summed E-state index contributed by atoms with van der Waals surface area (Å²) in [6.45, 7) is 3.91. The fourth-order valence-electron chi connectivity index (χ4n) is 1.88. The first kappa shape index (κ1) is 16.3. The lowest BCUT2D eigenvalue weighted by atomic mass is 10.1. The lowest BCUT2D eigenvalue weighted by Gasteiger charge is -2.10. The highest BCUT2D eigenvalue weighted by atomic mass is 32.2. The first-order valence-corrected chi connectivity index (χ1v) is 8.44. The molecule has 4 N–H and O–H groups in total. The van der Waals surface area contributed by atoms with Crippen LogP contribution in [0.3, 0.4) is 0 Å². The fraction of sp³-hybridized carbons (Fsp3) is 0.133. The van der Waals surface area contributed by atoms with E-state index in [-0.39, 0.29) is 10.0 Å². The molecule has 0 saturated carbocycles. The summed E-state index contributed by atoms with van der Waals surface area (Å²) < 4.78 is 27.3. The smallest absolute Gasteiger partial charge is 0.261 e. The van der Waals surface area contributed by atoms with E-state index in [9.17, 15) is 8.42 Å². The molecule has 0 fully saturated rings. The zero-order chi connectivity index (χ0) is 16.3. The molecule has 2 aromatic rings. The molecule has 0 aromatic heterocycles. The van der Waals surface area contributed by atoms with Crippen LogP contribution in [0, 0.1) is 13.8 Å². The van der Waals surface area contributed by atoms with Crippen molar-refractivity contribution < 1.29 is 8.42 Å². The second-order valence-corrected chi connectivity index (χ2v) is 7.04. The van der Waals surface area contributed by atoms with Gasteiger partial charge in [0.2, 0.25) is 0 Å². The van der Waals surface area contributed by atoms with Gasteiger partial charge in [-0.15, -0.1) is 0 Å². The van der Waals surface area contributed by atoms with Crippen LogP contribution in [0.4, 0.5) is 11.4 Å². The maximum Gasteiger partial charge on any atom is 0.261 e. The summed E-state index contributed by atoms with van der Waals surface area (Å²) in [4.78, 5) is 0.166. The third-order valence-corrected chi connectivity index (χ3v) is 4.69. The number of nitrogens with one attached hydrogen (secondary N) is 2. The molecule has 0 unspecified atom stereocenters. The highest BCUT2D eigenvalue weighted by Crippen LogP contribution is 2.20. The van der Waals surface area contributed by atoms with Crippen LogP contribution >= 0.6 is 12.2 Å². The van der Waals surface area contributed by atoms with Gasteiger partial charge in [-0.2, -0.15) is 0 Å². The Morgan fingerprint density at radius 3 is 2.14 bits per heavy atom. The molecule has 2 aromatic carbocycles. The molecule has 0 saturated heterocycles. The van der Waals surface area contributed by atoms with Gasteiger partial charge in [0.15, 0.2) is 5.11 Å². The van der Waals surface area contributed by atoms with Crippen LogP contribution in [0.1, 0.15) is 11.1 Å². The van der Waals surface area contributed by atoms with E-state index in [2.05, 4.69) is 10.0 Å². The van der Waals surface area contributed by atoms with Gasteiger partial charge in [0.1, 0.15) is 0 Å². The summed E-state index contributed by atoms with van der Waals surface area (Å²) in [5.74, 6) is 0. The van der Waals surface area contributed by atoms with Crippen LogP contribution in [-0.2, 0) is 10.0 Å². The van der Waals surface area contributed by atoms with E-state index in [4.69, 9.17) is 18.0 Å². The summed E-state index contributed by atoms with van der Waals surface area (Å²) in [6, 6.07) is 11.6. The predicted molar refractivity (Wildman–Crippen MR) is 93.6 cm³/mol. The van der Waals surface area contributed by atoms with Gasteiger partial charge in [0.25, 0.3) is 10.0 Å². The summed E-state index contributed by atoms with van der Waals surface area (Å²) in [7, 11) is -3.63. The van der Waals surface area contributed by atoms with Gasteiger partial charge < -0.3 is 11.1 Å². The zero-order valence-electron chi connectivity index (χ0n) is 12.3. The van der Waals surface area contributed by atoms with Crippen LogP contribution < -0.4 is 15.8 Å². The van der Waals surface area contributed by atoms with E-state index in [1.807, 2.05) is 19.9 Å². The molecule has 0 aliphatic rings. The quantitative estimate of drug-likeness (QED) is 0.748. The maximum atomic E-state index is 12.3. The number of rotatable bonds is 4. The molecule has 116 valence electrons. The minimum Gasteiger partial charge on any atom is -0.376 e. The summed E-state index contributed by atoms with van der Waals surface area (Å²) in [5, 5.41) is 2.87. The molecule has 22 heavy (non-hydrogen) atoms.